The van der Waals surface area contributed by atoms with Crippen molar-refractivity contribution in [2.24, 2.45) is 0 Å². The molecule has 0 aliphatic carbocycles. The molecule has 1 aromatic carbocycles. The molecule has 2 N–H and O–H groups in total. The van der Waals surface area contributed by atoms with Gasteiger partial charge in [0, 0.05) is 49.4 Å². The second-order valence-corrected chi connectivity index (χ2v) is 9.83. The Bertz CT molecular complexity index is 1250. The van der Waals surface area contributed by atoms with E-state index in [-0.39, 0.29) is 11.8 Å². The highest BCUT2D eigenvalue weighted by molar-refractivity contribution is 6.09. The fourth-order valence-corrected chi connectivity index (χ4v) is 5.11. The molecule has 2 aromatic heterocycles. The highest BCUT2D eigenvalue weighted by Gasteiger charge is 2.25. The summed E-state index contributed by atoms with van der Waals surface area (Å²) in [7, 11) is 4.27. The van der Waals surface area contributed by atoms with Crippen LogP contribution in [-0.4, -0.2) is 85.4 Å². The molecule has 36 heavy (non-hydrogen) atoms. The normalized spacial score (nSPS) is 17.1. The van der Waals surface area contributed by atoms with Gasteiger partial charge in [-0.1, -0.05) is 0 Å². The van der Waals surface area contributed by atoms with Gasteiger partial charge in [0.1, 0.15) is 5.82 Å². The number of hydrogen-bond acceptors (Lipinski definition) is 8. The molecule has 0 saturated carbocycles. The van der Waals surface area contributed by atoms with Gasteiger partial charge in [0.25, 0.3) is 5.91 Å². The Kier molecular flexibility index (Phi) is 6.93. The number of hydrogen-bond donors (Lipinski definition) is 2. The standard InChI is InChI=1S/C27H34N6O3/c1-18-14-25(34)30-24-5-4-19(15-22(18)24)29-27(35)23-16-21(32-8-6-20(7-9-32)31(2)3)17-28-26(23)33-10-12-36-13-11-33/h4-5,14-17,20H,6-13H2,1-3H3,(H,29,35)(H,30,34). The molecule has 0 atom stereocenters. The van der Waals surface area contributed by atoms with E-state index in [1.54, 1.807) is 6.07 Å². The molecule has 3 aromatic rings. The van der Waals surface area contributed by atoms with Crippen molar-refractivity contribution >= 4 is 34.0 Å². The maximum absolute atomic E-state index is 13.6. The van der Waals surface area contributed by atoms with Crippen molar-refractivity contribution in [2.45, 2.75) is 25.8 Å². The summed E-state index contributed by atoms with van der Waals surface area (Å²) >= 11 is 0. The van der Waals surface area contributed by atoms with E-state index in [0.717, 1.165) is 42.6 Å². The molecule has 0 bridgehead atoms. The van der Waals surface area contributed by atoms with Crippen molar-refractivity contribution in [2.75, 3.05) is 68.6 Å². The molecule has 4 heterocycles. The first-order valence-corrected chi connectivity index (χ1v) is 12.5. The van der Waals surface area contributed by atoms with Gasteiger partial charge in [-0.2, -0.15) is 0 Å². The maximum atomic E-state index is 13.6. The van der Waals surface area contributed by atoms with E-state index < -0.39 is 0 Å². The second kappa shape index (κ2) is 10.3. The molecule has 9 nitrogen and oxygen atoms in total. The van der Waals surface area contributed by atoms with E-state index >= 15 is 0 Å². The fraction of sp³-hybridized carbons (Fsp3) is 0.444. The first-order valence-electron chi connectivity index (χ1n) is 12.5. The summed E-state index contributed by atoms with van der Waals surface area (Å²) in [4.78, 5) is 29.3. The summed E-state index contributed by atoms with van der Waals surface area (Å²) in [6, 6.07) is 9.70. The minimum atomic E-state index is -0.197. The number of piperidine rings is 1. The number of anilines is 3. The molecule has 5 rings (SSSR count). The van der Waals surface area contributed by atoms with Gasteiger partial charge in [-0.15, -0.1) is 0 Å². The molecule has 2 aliphatic rings. The molecule has 2 aliphatic heterocycles. The lowest BCUT2D eigenvalue weighted by molar-refractivity contribution is 0.102. The van der Waals surface area contributed by atoms with Crippen LogP contribution in [-0.2, 0) is 4.74 Å². The van der Waals surface area contributed by atoms with Crippen molar-refractivity contribution in [3.05, 3.63) is 47.7 Å². The van der Waals surface area contributed by atoms with Gasteiger partial charge < -0.3 is 29.9 Å². The molecule has 2 saturated heterocycles. The van der Waals surface area contributed by atoms with Gasteiger partial charge in [0.05, 0.1) is 36.2 Å². The highest BCUT2D eigenvalue weighted by atomic mass is 16.5. The van der Waals surface area contributed by atoms with Crippen LogP contribution in [0.3, 0.4) is 0 Å². The zero-order chi connectivity index (χ0) is 25.2. The summed E-state index contributed by atoms with van der Waals surface area (Å²) in [5.74, 6) is 0.480. The molecule has 0 unspecified atom stereocenters. The van der Waals surface area contributed by atoms with Gasteiger partial charge >= 0.3 is 0 Å². The second-order valence-electron chi connectivity index (χ2n) is 9.83. The molecular weight excluding hydrogens is 456 g/mol. The van der Waals surface area contributed by atoms with Crippen LogP contribution in [0.15, 0.2) is 36.5 Å². The van der Waals surface area contributed by atoms with Crippen LogP contribution < -0.4 is 15.1 Å². The fourth-order valence-electron chi connectivity index (χ4n) is 5.11. The number of nitrogens with zero attached hydrogens (tertiary/aromatic N) is 5. The van der Waals surface area contributed by atoms with Crippen LogP contribution >= 0.6 is 0 Å². The van der Waals surface area contributed by atoms with Crippen molar-refractivity contribution in [3.8, 4) is 5.88 Å². The van der Waals surface area contributed by atoms with E-state index in [1.165, 1.54) is 0 Å². The van der Waals surface area contributed by atoms with Crippen molar-refractivity contribution in [1.29, 1.82) is 0 Å². The minimum absolute atomic E-state index is 0.00978. The van der Waals surface area contributed by atoms with Gasteiger partial charge in [-0.25, -0.2) is 9.97 Å². The smallest absolute Gasteiger partial charge is 0.259 e. The number of ether oxygens (including phenoxy) is 1. The van der Waals surface area contributed by atoms with Crippen LogP contribution in [0.2, 0.25) is 0 Å². The molecule has 190 valence electrons. The van der Waals surface area contributed by atoms with Gasteiger partial charge in [-0.05, 0) is 63.7 Å². The number of pyridine rings is 2. The summed E-state index contributed by atoms with van der Waals surface area (Å²) < 4.78 is 5.52. The number of rotatable bonds is 5. The first kappa shape index (κ1) is 24.3. The number of benzene rings is 1. The maximum Gasteiger partial charge on any atom is 0.259 e. The number of morpholine rings is 1. The van der Waals surface area contributed by atoms with Crippen LogP contribution in [0.4, 0.5) is 17.2 Å². The largest absolute Gasteiger partial charge is 0.493 e. The third kappa shape index (κ3) is 5.08. The summed E-state index contributed by atoms with van der Waals surface area (Å²) in [6.07, 6.45) is 4.06. The van der Waals surface area contributed by atoms with Crippen LogP contribution in [0.1, 0.15) is 28.8 Å². The Morgan fingerprint density at radius 3 is 2.56 bits per heavy atom. The molecular formula is C27H34N6O3. The molecule has 2 fully saturated rings. The van der Waals surface area contributed by atoms with E-state index in [1.807, 2.05) is 37.4 Å². The number of amides is 1. The van der Waals surface area contributed by atoms with E-state index in [0.29, 0.717) is 54.9 Å². The summed E-state index contributed by atoms with van der Waals surface area (Å²) in [5, 5.41) is 13.8. The number of nitrogens with one attached hydrogen (secondary N) is 1. The Labute approximate surface area is 211 Å². The number of aromatic hydroxyl groups is 1. The van der Waals surface area contributed by atoms with Gasteiger partial charge in [0.2, 0.25) is 5.88 Å². The third-order valence-electron chi connectivity index (χ3n) is 7.23. The first-order chi connectivity index (χ1) is 17.4. The third-order valence-corrected chi connectivity index (χ3v) is 7.23. The number of carbonyl (C=O) groups excluding carboxylic acids is 1. The van der Waals surface area contributed by atoms with Crippen molar-refractivity contribution < 1.29 is 14.6 Å². The van der Waals surface area contributed by atoms with Crippen LogP contribution in [0, 0.1) is 6.92 Å². The van der Waals surface area contributed by atoms with Gasteiger partial charge in [0.15, 0.2) is 0 Å². The SMILES string of the molecule is Cc1cc(O)nc2ccc(NC(=O)c3cc(N4CCC(N(C)C)CC4)cnc3N3CCOCC3)cc12. The monoisotopic (exact) mass is 490 g/mol. The van der Waals surface area contributed by atoms with Crippen LogP contribution in [0.5, 0.6) is 5.88 Å². The Morgan fingerprint density at radius 2 is 1.83 bits per heavy atom. The average Bonchev–Trinajstić information content (AvgIpc) is 2.89. The summed E-state index contributed by atoms with van der Waals surface area (Å²) in [6.45, 7) is 6.42. The topological polar surface area (TPSA) is 94.1 Å². The van der Waals surface area contributed by atoms with Crippen molar-refractivity contribution in [3.63, 3.8) is 0 Å². The number of aryl methyl sites for hydroxylation is 1. The van der Waals surface area contributed by atoms with E-state index in [9.17, 15) is 9.90 Å². The van der Waals surface area contributed by atoms with Crippen LogP contribution in [0.25, 0.3) is 10.9 Å². The molecule has 0 radical (unpaired) electrons. The summed E-state index contributed by atoms with van der Waals surface area (Å²) in [5.41, 5.74) is 3.79. The van der Waals surface area contributed by atoms with E-state index in [4.69, 9.17) is 9.72 Å². The quantitative estimate of drug-likeness (QED) is 0.563. The minimum Gasteiger partial charge on any atom is -0.493 e. The van der Waals surface area contributed by atoms with Crippen molar-refractivity contribution in [1.82, 2.24) is 14.9 Å². The predicted octanol–water partition coefficient (Wildman–Crippen LogP) is 3.26. The Balaban J connectivity index is 1.43. The zero-order valence-electron chi connectivity index (χ0n) is 21.2. The lowest BCUT2D eigenvalue weighted by Crippen LogP contribution is -2.42. The Hall–Kier alpha value is -3.43. The number of fused-ring (bicyclic) bond motifs is 1. The lowest BCUT2D eigenvalue weighted by Gasteiger charge is -2.37. The lowest BCUT2D eigenvalue weighted by atomic mass is 10.0. The molecule has 9 heteroatoms. The zero-order valence-corrected chi connectivity index (χ0v) is 21.2. The average molecular weight is 491 g/mol. The molecule has 0 spiro atoms. The highest BCUT2D eigenvalue weighted by Crippen LogP contribution is 2.29. The Morgan fingerprint density at radius 1 is 1.08 bits per heavy atom. The number of aromatic nitrogens is 2. The number of carbonyl (C=O) groups is 1. The van der Waals surface area contributed by atoms with E-state index in [2.05, 4.69) is 39.1 Å². The predicted molar refractivity (Wildman–Crippen MR) is 142 cm³/mol. The van der Waals surface area contributed by atoms with Gasteiger partial charge in [-0.3, -0.25) is 4.79 Å². The molecule has 1 amide bonds.